The van der Waals surface area contributed by atoms with Crippen LogP contribution in [0.15, 0.2) is 53.3 Å². The lowest BCUT2D eigenvalue weighted by Crippen LogP contribution is -2.03. The molecule has 0 aliphatic rings. The van der Waals surface area contributed by atoms with Gasteiger partial charge in [-0.05, 0) is 41.1 Å². The van der Waals surface area contributed by atoms with Gasteiger partial charge in [0, 0.05) is 22.4 Å². The summed E-state index contributed by atoms with van der Waals surface area (Å²) in [6.45, 7) is 1.97. The molecule has 0 bridgehead atoms. The van der Waals surface area contributed by atoms with Gasteiger partial charge in [0.15, 0.2) is 10.8 Å². The van der Waals surface area contributed by atoms with Gasteiger partial charge in [-0.15, -0.1) is 10.2 Å². The molecule has 0 N–H and O–H groups in total. The van der Waals surface area contributed by atoms with Crippen molar-refractivity contribution < 1.29 is 4.74 Å². The highest BCUT2D eigenvalue weighted by Crippen LogP contribution is 2.28. The zero-order chi connectivity index (χ0) is 16.5. The Morgan fingerprint density at radius 1 is 1.17 bits per heavy atom. The topological polar surface area (TPSA) is 65.2 Å². The maximum atomic E-state index is 5.93. The fraction of sp³-hybridized carbons (Fsp3) is 0.125. The van der Waals surface area contributed by atoms with E-state index >= 15 is 0 Å². The van der Waals surface area contributed by atoms with Crippen LogP contribution < -0.4 is 4.74 Å². The first-order valence-electron chi connectivity index (χ1n) is 7.25. The van der Waals surface area contributed by atoms with Crippen molar-refractivity contribution in [2.45, 2.75) is 13.0 Å². The van der Waals surface area contributed by atoms with Crippen LogP contribution in [-0.4, -0.2) is 24.8 Å². The van der Waals surface area contributed by atoms with E-state index in [1.165, 1.54) is 11.3 Å². The Morgan fingerprint density at radius 3 is 2.79 bits per heavy atom. The molecule has 0 fully saturated rings. The molecule has 4 aromatic rings. The van der Waals surface area contributed by atoms with Crippen molar-refractivity contribution >= 4 is 32.2 Å². The molecular formula is C16H12BrN5OS. The summed E-state index contributed by atoms with van der Waals surface area (Å²) in [5, 5.41) is 13.9. The van der Waals surface area contributed by atoms with Crippen molar-refractivity contribution in [2.24, 2.45) is 0 Å². The summed E-state index contributed by atoms with van der Waals surface area (Å²) in [6.07, 6.45) is 3.29. The number of hydrogen-bond acceptors (Lipinski definition) is 6. The number of rotatable bonds is 4. The SMILES string of the molecule is CC(Oc1ccccc1)c1nn2c(-c3cncc(Br)c3)nnc2s1. The van der Waals surface area contributed by atoms with E-state index in [-0.39, 0.29) is 6.10 Å². The lowest BCUT2D eigenvalue weighted by atomic mass is 10.3. The minimum Gasteiger partial charge on any atom is -0.483 e. The molecule has 0 aliphatic carbocycles. The molecule has 6 nitrogen and oxygen atoms in total. The number of pyridine rings is 1. The number of nitrogens with zero attached hydrogens (tertiary/aromatic N) is 5. The summed E-state index contributed by atoms with van der Waals surface area (Å²) in [6, 6.07) is 11.6. The fourth-order valence-electron chi connectivity index (χ4n) is 2.26. The predicted octanol–water partition coefficient (Wildman–Crippen LogP) is 4.15. The number of ether oxygens (including phenoxy) is 1. The molecule has 0 aliphatic heterocycles. The second-order valence-corrected chi connectivity index (χ2v) is 7.03. The van der Waals surface area contributed by atoms with Gasteiger partial charge >= 0.3 is 0 Å². The van der Waals surface area contributed by atoms with Gasteiger partial charge in [0.2, 0.25) is 4.96 Å². The highest BCUT2D eigenvalue weighted by Gasteiger charge is 2.18. The van der Waals surface area contributed by atoms with Gasteiger partial charge in [0.25, 0.3) is 0 Å². The third-order valence-corrected chi connectivity index (χ3v) is 4.87. The Labute approximate surface area is 150 Å². The summed E-state index contributed by atoms with van der Waals surface area (Å²) >= 11 is 4.88. The molecule has 4 rings (SSSR count). The third kappa shape index (κ3) is 2.90. The molecule has 0 spiro atoms. The zero-order valence-corrected chi connectivity index (χ0v) is 15.0. The summed E-state index contributed by atoms with van der Waals surface area (Å²) < 4.78 is 8.54. The van der Waals surface area contributed by atoms with Gasteiger partial charge in [-0.1, -0.05) is 29.5 Å². The quantitative estimate of drug-likeness (QED) is 0.513. The summed E-state index contributed by atoms with van der Waals surface area (Å²) in [7, 11) is 0. The number of aromatic nitrogens is 5. The molecule has 8 heteroatoms. The molecule has 0 amide bonds. The molecule has 0 radical (unpaired) electrons. The number of halogens is 1. The Balaban J connectivity index is 1.67. The minimum absolute atomic E-state index is 0.174. The van der Waals surface area contributed by atoms with E-state index in [1.807, 2.05) is 43.3 Å². The van der Waals surface area contributed by atoms with E-state index in [0.717, 1.165) is 25.8 Å². The first kappa shape index (κ1) is 15.2. The van der Waals surface area contributed by atoms with E-state index in [0.29, 0.717) is 5.82 Å². The standard InChI is InChI=1S/C16H12BrN5OS/c1-10(23-13-5-3-2-4-6-13)15-21-22-14(19-20-16(22)24-15)11-7-12(17)9-18-8-11/h2-10H,1H3. The molecule has 0 saturated carbocycles. The third-order valence-electron chi connectivity index (χ3n) is 3.37. The van der Waals surface area contributed by atoms with E-state index < -0.39 is 0 Å². The minimum atomic E-state index is -0.174. The first-order chi connectivity index (χ1) is 11.7. The first-order valence-corrected chi connectivity index (χ1v) is 8.86. The second-order valence-electron chi connectivity index (χ2n) is 5.12. The number of hydrogen-bond donors (Lipinski definition) is 0. The maximum absolute atomic E-state index is 5.93. The van der Waals surface area contributed by atoms with Crippen LogP contribution in [0.2, 0.25) is 0 Å². The van der Waals surface area contributed by atoms with Crippen molar-refractivity contribution in [2.75, 3.05) is 0 Å². The number of para-hydroxylation sites is 1. The van der Waals surface area contributed by atoms with Crippen LogP contribution in [-0.2, 0) is 0 Å². The number of benzene rings is 1. The molecule has 3 aromatic heterocycles. The van der Waals surface area contributed by atoms with Crippen LogP contribution >= 0.6 is 27.3 Å². The Hall–Kier alpha value is -2.32. The van der Waals surface area contributed by atoms with Gasteiger partial charge in [-0.3, -0.25) is 4.98 Å². The molecule has 3 heterocycles. The summed E-state index contributed by atoms with van der Waals surface area (Å²) in [4.78, 5) is 4.89. The summed E-state index contributed by atoms with van der Waals surface area (Å²) in [5.74, 6) is 1.47. The van der Waals surface area contributed by atoms with Crippen molar-refractivity contribution in [3.8, 4) is 17.1 Å². The van der Waals surface area contributed by atoms with Crippen molar-refractivity contribution in [1.29, 1.82) is 0 Å². The van der Waals surface area contributed by atoms with Crippen molar-refractivity contribution in [3.05, 3.63) is 58.3 Å². The van der Waals surface area contributed by atoms with Gasteiger partial charge in [-0.25, -0.2) is 0 Å². The van der Waals surface area contributed by atoms with Crippen LogP contribution in [0.3, 0.4) is 0 Å². The summed E-state index contributed by atoms with van der Waals surface area (Å²) in [5.41, 5.74) is 0.852. The zero-order valence-electron chi connectivity index (χ0n) is 12.6. The fourth-order valence-corrected chi connectivity index (χ4v) is 3.45. The second kappa shape index (κ2) is 6.29. The van der Waals surface area contributed by atoms with E-state index in [9.17, 15) is 0 Å². The molecule has 24 heavy (non-hydrogen) atoms. The average molecular weight is 402 g/mol. The molecule has 1 aromatic carbocycles. The Bertz CT molecular complexity index is 984. The van der Waals surface area contributed by atoms with E-state index in [2.05, 4.69) is 36.2 Å². The Morgan fingerprint density at radius 2 is 2.00 bits per heavy atom. The molecule has 1 atom stereocenters. The largest absolute Gasteiger partial charge is 0.483 e. The van der Waals surface area contributed by atoms with E-state index in [4.69, 9.17) is 4.74 Å². The predicted molar refractivity (Wildman–Crippen MR) is 95.1 cm³/mol. The lowest BCUT2D eigenvalue weighted by molar-refractivity contribution is 0.225. The van der Waals surface area contributed by atoms with Crippen LogP contribution in [0.1, 0.15) is 18.0 Å². The van der Waals surface area contributed by atoms with Gasteiger partial charge in [0.05, 0.1) is 0 Å². The maximum Gasteiger partial charge on any atom is 0.235 e. The highest BCUT2D eigenvalue weighted by atomic mass is 79.9. The molecule has 120 valence electrons. The molecule has 1 unspecified atom stereocenters. The van der Waals surface area contributed by atoms with Crippen molar-refractivity contribution in [3.63, 3.8) is 0 Å². The smallest absolute Gasteiger partial charge is 0.235 e. The Kier molecular flexibility index (Phi) is 3.99. The van der Waals surface area contributed by atoms with Gasteiger partial charge in [-0.2, -0.15) is 9.61 Å². The normalized spacial score (nSPS) is 12.4. The number of fused-ring (bicyclic) bond motifs is 1. The van der Waals surface area contributed by atoms with Gasteiger partial charge in [0.1, 0.15) is 11.9 Å². The molecular weight excluding hydrogens is 390 g/mol. The van der Waals surface area contributed by atoms with Crippen LogP contribution in [0, 0.1) is 0 Å². The van der Waals surface area contributed by atoms with Crippen LogP contribution in [0.5, 0.6) is 5.75 Å². The molecule has 0 saturated heterocycles. The van der Waals surface area contributed by atoms with Crippen molar-refractivity contribution in [1.82, 2.24) is 24.8 Å². The van der Waals surface area contributed by atoms with E-state index in [1.54, 1.807) is 16.9 Å². The lowest BCUT2D eigenvalue weighted by Gasteiger charge is -2.11. The van der Waals surface area contributed by atoms with Gasteiger partial charge < -0.3 is 4.74 Å². The monoisotopic (exact) mass is 401 g/mol. The highest BCUT2D eigenvalue weighted by molar-refractivity contribution is 9.10. The van der Waals surface area contributed by atoms with Crippen LogP contribution in [0.4, 0.5) is 0 Å². The average Bonchev–Trinajstić information content (AvgIpc) is 3.16. The van der Waals surface area contributed by atoms with Crippen LogP contribution in [0.25, 0.3) is 16.3 Å².